The van der Waals surface area contributed by atoms with Crippen molar-refractivity contribution in [1.82, 2.24) is 5.32 Å². The average Bonchev–Trinajstić information content (AvgIpc) is 3.08. The second kappa shape index (κ2) is 8.34. The highest BCUT2D eigenvalue weighted by Crippen LogP contribution is 2.16. The lowest BCUT2D eigenvalue weighted by Gasteiger charge is -2.11. The van der Waals surface area contributed by atoms with Gasteiger partial charge in [-0.1, -0.05) is 35.9 Å². The summed E-state index contributed by atoms with van der Waals surface area (Å²) in [5.41, 5.74) is 2.32. The number of ether oxygens (including phenoxy) is 2. The van der Waals surface area contributed by atoms with Gasteiger partial charge in [0.2, 0.25) is 0 Å². The molecule has 1 N–H and O–H groups in total. The van der Waals surface area contributed by atoms with Crippen molar-refractivity contribution in [1.29, 1.82) is 0 Å². The number of nitrogens with one attached hydrogen (secondary N) is 1. The van der Waals surface area contributed by atoms with Crippen LogP contribution in [0.4, 0.5) is 0 Å². The molecule has 0 aromatic heterocycles. The van der Waals surface area contributed by atoms with E-state index in [-0.39, 0.29) is 0 Å². The van der Waals surface area contributed by atoms with Gasteiger partial charge in [0.1, 0.15) is 12.4 Å². The Morgan fingerprint density at radius 2 is 2.00 bits per heavy atom. The van der Waals surface area contributed by atoms with Crippen molar-refractivity contribution < 1.29 is 9.47 Å². The summed E-state index contributed by atoms with van der Waals surface area (Å²) < 4.78 is 11.4. The van der Waals surface area contributed by atoms with Gasteiger partial charge in [0.05, 0.1) is 6.10 Å². The number of hydrogen-bond donors (Lipinski definition) is 1. The SMILES string of the molecule is Clc1cccc(COc2ccc(CNCC3CCCO3)cc2)c1. The average molecular weight is 332 g/mol. The third kappa shape index (κ3) is 5.24. The summed E-state index contributed by atoms with van der Waals surface area (Å²) in [6, 6.07) is 15.9. The molecule has 1 unspecified atom stereocenters. The highest BCUT2D eigenvalue weighted by Gasteiger charge is 2.14. The van der Waals surface area contributed by atoms with E-state index in [2.05, 4.69) is 17.4 Å². The monoisotopic (exact) mass is 331 g/mol. The zero-order valence-electron chi connectivity index (χ0n) is 13.1. The Labute approximate surface area is 142 Å². The molecule has 1 aliphatic heterocycles. The van der Waals surface area contributed by atoms with Crippen molar-refractivity contribution in [3.63, 3.8) is 0 Å². The van der Waals surface area contributed by atoms with Gasteiger partial charge in [-0.3, -0.25) is 0 Å². The van der Waals surface area contributed by atoms with Crippen molar-refractivity contribution in [2.45, 2.75) is 32.1 Å². The van der Waals surface area contributed by atoms with Crippen molar-refractivity contribution in [3.8, 4) is 5.75 Å². The largest absolute Gasteiger partial charge is 0.489 e. The Hall–Kier alpha value is -1.55. The number of hydrogen-bond acceptors (Lipinski definition) is 3. The maximum Gasteiger partial charge on any atom is 0.119 e. The van der Waals surface area contributed by atoms with Gasteiger partial charge in [-0.05, 0) is 48.2 Å². The first kappa shape index (κ1) is 16.3. The Kier molecular flexibility index (Phi) is 5.92. The van der Waals surface area contributed by atoms with Crippen LogP contribution in [-0.4, -0.2) is 19.3 Å². The summed E-state index contributed by atoms with van der Waals surface area (Å²) in [6.45, 7) is 3.21. The van der Waals surface area contributed by atoms with Crippen molar-refractivity contribution in [2.75, 3.05) is 13.2 Å². The summed E-state index contributed by atoms with van der Waals surface area (Å²) in [4.78, 5) is 0. The van der Waals surface area contributed by atoms with Gasteiger partial charge in [0.25, 0.3) is 0 Å². The van der Waals surface area contributed by atoms with Gasteiger partial charge in [-0.25, -0.2) is 0 Å². The topological polar surface area (TPSA) is 30.5 Å². The first-order valence-electron chi connectivity index (χ1n) is 8.08. The van der Waals surface area contributed by atoms with Crippen LogP contribution in [0.5, 0.6) is 5.75 Å². The molecule has 3 rings (SSSR count). The molecule has 0 aliphatic carbocycles. The van der Waals surface area contributed by atoms with Gasteiger partial charge in [-0.15, -0.1) is 0 Å². The van der Waals surface area contributed by atoms with E-state index >= 15 is 0 Å². The van der Waals surface area contributed by atoms with E-state index < -0.39 is 0 Å². The molecule has 1 fully saturated rings. The first-order valence-corrected chi connectivity index (χ1v) is 8.46. The fraction of sp³-hybridized carbons (Fsp3) is 0.368. The van der Waals surface area contributed by atoms with Gasteiger partial charge >= 0.3 is 0 Å². The summed E-state index contributed by atoms with van der Waals surface area (Å²) in [6.07, 6.45) is 2.74. The Bertz CT molecular complexity index is 609. The van der Waals surface area contributed by atoms with Gasteiger partial charge in [0.15, 0.2) is 0 Å². The summed E-state index contributed by atoms with van der Waals surface area (Å²) in [7, 11) is 0. The van der Waals surface area contributed by atoms with Gasteiger partial charge in [0, 0.05) is 24.7 Å². The van der Waals surface area contributed by atoms with Crippen LogP contribution in [-0.2, 0) is 17.9 Å². The Balaban J connectivity index is 1.43. The Morgan fingerprint density at radius 3 is 2.74 bits per heavy atom. The van der Waals surface area contributed by atoms with Crippen molar-refractivity contribution in [2.24, 2.45) is 0 Å². The quantitative estimate of drug-likeness (QED) is 0.825. The van der Waals surface area contributed by atoms with E-state index in [9.17, 15) is 0 Å². The summed E-state index contributed by atoms with van der Waals surface area (Å²) >= 11 is 5.97. The van der Waals surface area contributed by atoms with E-state index in [1.165, 1.54) is 18.4 Å². The zero-order chi connectivity index (χ0) is 15.9. The highest BCUT2D eigenvalue weighted by atomic mass is 35.5. The fourth-order valence-electron chi connectivity index (χ4n) is 2.68. The van der Waals surface area contributed by atoms with Gasteiger partial charge in [-0.2, -0.15) is 0 Å². The Morgan fingerprint density at radius 1 is 1.13 bits per heavy atom. The van der Waals surface area contributed by atoms with E-state index in [0.29, 0.717) is 12.7 Å². The molecule has 23 heavy (non-hydrogen) atoms. The molecule has 0 amide bonds. The molecule has 1 saturated heterocycles. The maximum atomic E-state index is 5.97. The van der Waals surface area contributed by atoms with Crippen LogP contribution in [0.2, 0.25) is 5.02 Å². The molecule has 4 heteroatoms. The van der Waals surface area contributed by atoms with Crippen LogP contribution >= 0.6 is 11.6 Å². The predicted octanol–water partition coefficient (Wildman–Crippen LogP) is 4.19. The van der Waals surface area contributed by atoms with E-state index in [4.69, 9.17) is 21.1 Å². The lowest BCUT2D eigenvalue weighted by Crippen LogP contribution is -2.25. The lowest BCUT2D eigenvalue weighted by molar-refractivity contribution is 0.110. The standard InChI is InChI=1S/C19H22ClNO2/c20-17-4-1-3-16(11-17)14-23-18-8-6-15(7-9-18)12-21-13-19-5-2-10-22-19/h1,3-4,6-9,11,19,21H,2,5,10,12-14H2. The third-order valence-electron chi connectivity index (χ3n) is 3.94. The second-order valence-electron chi connectivity index (χ2n) is 5.83. The fourth-order valence-corrected chi connectivity index (χ4v) is 2.89. The minimum Gasteiger partial charge on any atom is -0.489 e. The molecule has 0 spiro atoms. The molecule has 1 atom stereocenters. The third-order valence-corrected chi connectivity index (χ3v) is 4.18. The van der Waals surface area contributed by atoms with Crippen LogP contribution in [0.15, 0.2) is 48.5 Å². The molecular weight excluding hydrogens is 310 g/mol. The molecular formula is C19H22ClNO2. The van der Waals surface area contributed by atoms with Crippen LogP contribution in [0.3, 0.4) is 0 Å². The van der Waals surface area contributed by atoms with Crippen LogP contribution in [0, 0.1) is 0 Å². The molecule has 1 aliphatic rings. The van der Waals surface area contributed by atoms with E-state index in [1.54, 1.807) is 0 Å². The maximum absolute atomic E-state index is 5.97. The van der Waals surface area contributed by atoms with E-state index in [1.807, 2.05) is 36.4 Å². The smallest absolute Gasteiger partial charge is 0.119 e. The number of rotatable bonds is 7. The first-order chi connectivity index (χ1) is 11.3. The molecule has 2 aromatic rings. The minimum atomic E-state index is 0.385. The van der Waals surface area contributed by atoms with Crippen molar-refractivity contribution in [3.05, 3.63) is 64.7 Å². The number of halogens is 1. The molecule has 3 nitrogen and oxygen atoms in total. The number of benzene rings is 2. The minimum absolute atomic E-state index is 0.385. The predicted molar refractivity (Wildman–Crippen MR) is 92.9 cm³/mol. The lowest BCUT2D eigenvalue weighted by atomic mass is 10.2. The van der Waals surface area contributed by atoms with E-state index in [0.717, 1.165) is 36.0 Å². The van der Waals surface area contributed by atoms with Crippen LogP contribution < -0.4 is 10.1 Å². The van der Waals surface area contributed by atoms with Gasteiger partial charge < -0.3 is 14.8 Å². The van der Waals surface area contributed by atoms with Crippen LogP contribution in [0.1, 0.15) is 24.0 Å². The highest BCUT2D eigenvalue weighted by molar-refractivity contribution is 6.30. The molecule has 0 bridgehead atoms. The van der Waals surface area contributed by atoms with Crippen LogP contribution in [0.25, 0.3) is 0 Å². The molecule has 122 valence electrons. The second-order valence-corrected chi connectivity index (χ2v) is 6.26. The molecule has 0 saturated carbocycles. The normalized spacial score (nSPS) is 17.3. The summed E-state index contributed by atoms with van der Waals surface area (Å²) in [5.74, 6) is 0.868. The summed E-state index contributed by atoms with van der Waals surface area (Å²) in [5, 5.41) is 4.18. The molecule has 1 heterocycles. The molecule has 2 aromatic carbocycles. The van der Waals surface area contributed by atoms with Crippen molar-refractivity contribution >= 4 is 11.6 Å². The molecule has 0 radical (unpaired) electrons. The zero-order valence-corrected chi connectivity index (χ0v) is 13.9.